The molecule has 14 heavy (non-hydrogen) atoms. The number of carbonyl (C=O) groups is 2. The molecular weight excluding hydrogens is 203 g/mol. The molecule has 7 heteroatoms. The van der Waals surface area contributed by atoms with Gasteiger partial charge in [0.2, 0.25) is 0 Å². The van der Waals surface area contributed by atoms with E-state index in [2.05, 4.69) is 0 Å². The van der Waals surface area contributed by atoms with Crippen molar-refractivity contribution in [3.63, 3.8) is 0 Å². The van der Waals surface area contributed by atoms with Gasteiger partial charge in [-0.1, -0.05) is 0 Å². The van der Waals surface area contributed by atoms with E-state index in [0.29, 0.717) is 0 Å². The summed E-state index contributed by atoms with van der Waals surface area (Å²) in [6.45, 7) is 0. The summed E-state index contributed by atoms with van der Waals surface area (Å²) in [6.07, 6.45) is 0. The van der Waals surface area contributed by atoms with Crippen LogP contribution in [0.25, 0.3) is 0 Å². The van der Waals surface area contributed by atoms with E-state index in [1.54, 1.807) is 0 Å². The number of carboxylic acids is 2. The zero-order valence-electron chi connectivity index (χ0n) is 6.60. The van der Waals surface area contributed by atoms with Crippen molar-refractivity contribution in [3.05, 3.63) is 16.5 Å². The van der Waals surface area contributed by atoms with Crippen LogP contribution < -0.4 is 4.74 Å². The van der Waals surface area contributed by atoms with Gasteiger partial charge in [0.1, 0.15) is 5.56 Å². The number of ether oxygens (including phenoxy) is 1. The molecule has 2 N–H and O–H groups in total. The molecule has 72 valence electrons. The van der Waals surface area contributed by atoms with Crippen LogP contribution in [-0.2, 0) is 0 Å². The molecule has 0 atom stereocenters. The van der Waals surface area contributed by atoms with Gasteiger partial charge in [0.25, 0.3) is 0 Å². The van der Waals surface area contributed by atoms with Gasteiger partial charge < -0.3 is 14.9 Å². The van der Waals surface area contributed by atoms with E-state index in [0.717, 1.165) is 11.3 Å². The molecule has 0 aliphatic rings. The van der Waals surface area contributed by atoms with E-state index >= 15 is 0 Å². The van der Waals surface area contributed by atoms with E-state index in [1.165, 1.54) is 12.5 Å². The molecule has 0 aliphatic carbocycles. The molecule has 0 aromatic carbocycles. The van der Waals surface area contributed by atoms with Gasteiger partial charge in [-0.25, -0.2) is 9.59 Å². The standard InChI is InChI=1S/C7H6O5S.Li.H/c1-12-7-4(6(10)11)3(2-13-7)5(8)9;;/h2H,1H3,(H,8,9)(H,10,11);;. The third-order valence-corrected chi connectivity index (χ3v) is 2.33. The average Bonchev–Trinajstić information content (AvgIpc) is 2.46. The van der Waals surface area contributed by atoms with Crippen molar-refractivity contribution in [1.82, 2.24) is 0 Å². The summed E-state index contributed by atoms with van der Waals surface area (Å²) in [5.41, 5.74) is -0.533. The predicted molar refractivity (Wildman–Crippen MR) is 51.9 cm³/mol. The summed E-state index contributed by atoms with van der Waals surface area (Å²) in [7, 11) is 1.30. The Balaban J connectivity index is 0.00000169. The minimum atomic E-state index is -1.30. The molecule has 0 unspecified atom stereocenters. The van der Waals surface area contributed by atoms with E-state index in [9.17, 15) is 9.59 Å². The van der Waals surface area contributed by atoms with Crippen molar-refractivity contribution >= 4 is 42.1 Å². The fraction of sp³-hybridized carbons (Fsp3) is 0.143. The maximum absolute atomic E-state index is 10.6. The summed E-state index contributed by atoms with van der Waals surface area (Å²) in [4.78, 5) is 21.2. The molecule has 0 fully saturated rings. The summed E-state index contributed by atoms with van der Waals surface area (Å²) < 4.78 is 4.71. The molecule has 1 aromatic heterocycles. The van der Waals surface area contributed by atoms with Crippen molar-refractivity contribution in [3.8, 4) is 5.06 Å². The zero-order valence-corrected chi connectivity index (χ0v) is 7.42. The van der Waals surface area contributed by atoms with Crippen LogP contribution in [-0.4, -0.2) is 48.1 Å². The van der Waals surface area contributed by atoms with Crippen molar-refractivity contribution in [2.45, 2.75) is 0 Å². The Labute approximate surface area is 95.5 Å². The fourth-order valence-electron chi connectivity index (χ4n) is 0.850. The van der Waals surface area contributed by atoms with Crippen LogP contribution in [0.3, 0.4) is 0 Å². The minimum absolute atomic E-state index is 0. The molecular formula is C7H7LiO5S. The quantitative estimate of drug-likeness (QED) is 0.710. The SMILES string of the molecule is COc1scc(C(=O)O)c1C(=O)O.[LiH]. The average molecular weight is 210 g/mol. The van der Waals surface area contributed by atoms with Crippen molar-refractivity contribution in [2.24, 2.45) is 0 Å². The topological polar surface area (TPSA) is 83.8 Å². The van der Waals surface area contributed by atoms with Gasteiger partial charge in [0.05, 0.1) is 12.7 Å². The van der Waals surface area contributed by atoms with Gasteiger partial charge in [0, 0.05) is 5.38 Å². The first-order valence-electron chi connectivity index (χ1n) is 3.20. The van der Waals surface area contributed by atoms with E-state index in [4.69, 9.17) is 14.9 Å². The van der Waals surface area contributed by atoms with Crippen molar-refractivity contribution < 1.29 is 24.5 Å². The van der Waals surface area contributed by atoms with Crippen LogP contribution in [0.4, 0.5) is 0 Å². The van der Waals surface area contributed by atoms with Crippen molar-refractivity contribution in [2.75, 3.05) is 7.11 Å². The second-order valence-electron chi connectivity index (χ2n) is 2.13. The summed E-state index contributed by atoms with van der Waals surface area (Å²) in [5.74, 6) is -2.56. The number of carboxylic acid groups (broad SMARTS) is 2. The van der Waals surface area contributed by atoms with Crippen molar-refractivity contribution in [1.29, 1.82) is 0 Å². The van der Waals surface area contributed by atoms with Crippen LogP contribution in [0.15, 0.2) is 5.38 Å². The third-order valence-electron chi connectivity index (χ3n) is 1.39. The van der Waals surface area contributed by atoms with E-state index < -0.39 is 11.9 Å². The Morgan fingerprint density at radius 2 is 1.93 bits per heavy atom. The molecule has 0 saturated heterocycles. The first kappa shape index (κ1) is 13.0. The molecule has 0 aliphatic heterocycles. The fourth-order valence-corrected chi connectivity index (χ4v) is 1.71. The Morgan fingerprint density at radius 1 is 1.36 bits per heavy atom. The third kappa shape index (κ3) is 2.29. The molecule has 1 aromatic rings. The van der Waals surface area contributed by atoms with Gasteiger partial charge in [-0.3, -0.25) is 0 Å². The maximum atomic E-state index is 10.6. The van der Waals surface area contributed by atoms with Crippen LogP contribution in [0.5, 0.6) is 5.06 Å². The second kappa shape index (κ2) is 5.05. The predicted octanol–water partition coefficient (Wildman–Crippen LogP) is 0.505. The molecule has 1 heterocycles. The molecule has 0 spiro atoms. The summed E-state index contributed by atoms with van der Waals surface area (Å²) in [5, 5.41) is 18.6. The Morgan fingerprint density at radius 3 is 2.29 bits per heavy atom. The first-order valence-corrected chi connectivity index (χ1v) is 4.08. The van der Waals surface area contributed by atoms with Crippen LogP contribution in [0.1, 0.15) is 20.7 Å². The Bertz CT molecular complexity index is 359. The molecule has 0 bridgehead atoms. The molecule has 1 rings (SSSR count). The number of aromatic carboxylic acids is 2. The second-order valence-corrected chi connectivity index (χ2v) is 2.97. The van der Waals surface area contributed by atoms with Crippen LogP contribution in [0.2, 0.25) is 0 Å². The summed E-state index contributed by atoms with van der Waals surface area (Å²) >= 11 is 0.949. The zero-order chi connectivity index (χ0) is 10.0. The molecule has 5 nitrogen and oxygen atoms in total. The van der Waals surface area contributed by atoms with Gasteiger partial charge in [-0.05, 0) is 0 Å². The Kier molecular flexibility index (Phi) is 4.70. The number of methoxy groups -OCH3 is 1. The number of rotatable bonds is 3. The molecule has 0 radical (unpaired) electrons. The van der Waals surface area contributed by atoms with E-state index in [-0.39, 0.29) is 35.1 Å². The van der Waals surface area contributed by atoms with Gasteiger partial charge in [0.15, 0.2) is 5.06 Å². The number of hydrogen-bond donors (Lipinski definition) is 2. The molecule has 0 amide bonds. The van der Waals surface area contributed by atoms with Crippen LogP contribution in [0, 0.1) is 0 Å². The normalized spacial score (nSPS) is 8.93. The monoisotopic (exact) mass is 210 g/mol. The van der Waals surface area contributed by atoms with Crippen LogP contribution >= 0.6 is 11.3 Å². The Hall–Kier alpha value is -0.963. The van der Waals surface area contributed by atoms with Gasteiger partial charge >= 0.3 is 30.8 Å². The number of thiophene rings is 1. The molecule has 0 saturated carbocycles. The van der Waals surface area contributed by atoms with Gasteiger partial charge in [-0.2, -0.15) is 0 Å². The van der Waals surface area contributed by atoms with E-state index in [1.807, 2.05) is 0 Å². The summed E-state index contributed by atoms with van der Waals surface area (Å²) in [6, 6.07) is 0. The number of hydrogen-bond acceptors (Lipinski definition) is 4. The van der Waals surface area contributed by atoms with Gasteiger partial charge in [-0.15, -0.1) is 11.3 Å². The first-order chi connectivity index (χ1) is 6.07.